The molecule has 0 unspecified atom stereocenters. The van der Waals surface area contributed by atoms with E-state index < -0.39 is 0 Å². The molecule has 1 aromatic carbocycles. The van der Waals surface area contributed by atoms with Crippen LogP contribution in [-0.2, 0) is 0 Å². The van der Waals surface area contributed by atoms with Gasteiger partial charge in [0.2, 0.25) is 0 Å². The lowest BCUT2D eigenvalue weighted by molar-refractivity contribution is 0.976. The highest BCUT2D eigenvalue weighted by Crippen LogP contribution is 2.21. The maximum atomic E-state index is 2.28. The quantitative estimate of drug-likeness (QED) is 0.539. The summed E-state index contributed by atoms with van der Waals surface area (Å²) in [5, 5.41) is 2.89. The zero-order chi connectivity index (χ0) is 8.72. The van der Waals surface area contributed by atoms with Gasteiger partial charge in [-0.2, -0.15) is 0 Å². The SMILES string of the molecule is CC1=c2ccccc2=C(C)C1C. The van der Waals surface area contributed by atoms with E-state index in [9.17, 15) is 0 Å². The van der Waals surface area contributed by atoms with E-state index in [2.05, 4.69) is 45.0 Å². The molecule has 0 radical (unpaired) electrons. The van der Waals surface area contributed by atoms with Gasteiger partial charge < -0.3 is 0 Å². The molecule has 2 rings (SSSR count). The van der Waals surface area contributed by atoms with Crippen LogP contribution in [0.5, 0.6) is 0 Å². The van der Waals surface area contributed by atoms with Gasteiger partial charge in [-0.15, -0.1) is 0 Å². The lowest BCUT2D eigenvalue weighted by atomic mass is 10.00. The summed E-state index contributed by atoms with van der Waals surface area (Å²) in [5.41, 5.74) is 3.03. The minimum absolute atomic E-state index is 0.641. The van der Waals surface area contributed by atoms with Crippen LogP contribution in [0, 0.1) is 5.92 Å². The first-order valence-electron chi connectivity index (χ1n) is 4.48. The molecule has 0 aromatic heterocycles. The van der Waals surface area contributed by atoms with Crippen LogP contribution in [-0.4, -0.2) is 0 Å². The molecule has 1 aliphatic rings. The van der Waals surface area contributed by atoms with E-state index in [1.807, 2.05) is 0 Å². The third kappa shape index (κ3) is 0.842. The van der Waals surface area contributed by atoms with Crippen molar-refractivity contribution in [1.29, 1.82) is 0 Å². The molecule has 0 amide bonds. The van der Waals surface area contributed by atoms with E-state index >= 15 is 0 Å². The predicted molar refractivity (Wildman–Crippen MR) is 53.0 cm³/mol. The first kappa shape index (κ1) is 7.60. The van der Waals surface area contributed by atoms with Crippen LogP contribution in [0.15, 0.2) is 24.3 Å². The fourth-order valence-corrected chi connectivity index (χ4v) is 1.96. The molecular formula is C12H14. The smallest absolute Gasteiger partial charge is 0.000853 e. The van der Waals surface area contributed by atoms with E-state index in [4.69, 9.17) is 0 Å². The third-order valence-corrected chi connectivity index (χ3v) is 3.08. The van der Waals surface area contributed by atoms with Crippen LogP contribution >= 0.6 is 0 Å². The van der Waals surface area contributed by atoms with Crippen molar-refractivity contribution in [3.8, 4) is 0 Å². The maximum Gasteiger partial charge on any atom is -0.000853 e. The molecule has 0 bridgehead atoms. The lowest BCUT2D eigenvalue weighted by Crippen LogP contribution is -2.22. The van der Waals surface area contributed by atoms with Crippen LogP contribution in [0.4, 0.5) is 0 Å². The Morgan fingerprint density at radius 1 is 0.917 bits per heavy atom. The second-order valence-corrected chi connectivity index (χ2v) is 3.63. The number of rotatable bonds is 0. The number of hydrogen-bond donors (Lipinski definition) is 0. The summed E-state index contributed by atoms with van der Waals surface area (Å²) >= 11 is 0. The van der Waals surface area contributed by atoms with Gasteiger partial charge in [0.05, 0.1) is 0 Å². The third-order valence-electron chi connectivity index (χ3n) is 3.08. The standard InChI is InChI=1S/C12H14/c1-8-9(2)11-6-4-5-7-12(11)10(8)3/h4-8H,1-3H3. The summed E-state index contributed by atoms with van der Waals surface area (Å²) in [4.78, 5) is 0. The Bertz CT molecular complexity index is 383. The second kappa shape index (κ2) is 2.48. The Labute approximate surface area is 73.2 Å². The molecule has 0 aliphatic heterocycles. The van der Waals surface area contributed by atoms with Crippen molar-refractivity contribution in [2.45, 2.75) is 20.8 Å². The van der Waals surface area contributed by atoms with Gasteiger partial charge in [-0.3, -0.25) is 0 Å². The number of fused-ring (bicyclic) bond motifs is 1. The molecule has 0 saturated carbocycles. The molecule has 0 nitrogen and oxygen atoms in total. The van der Waals surface area contributed by atoms with Gasteiger partial charge in [0.15, 0.2) is 0 Å². The van der Waals surface area contributed by atoms with E-state index in [1.165, 1.54) is 21.6 Å². The van der Waals surface area contributed by atoms with Gasteiger partial charge in [-0.05, 0) is 30.2 Å². The van der Waals surface area contributed by atoms with Crippen LogP contribution in [0.3, 0.4) is 0 Å². The van der Waals surface area contributed by atoms with Gasteiger partial charge in [0.1, 0.15) is 0 Å². The van der Waals surface area contributed by atoms with Crippen LogP contribution in [0.2, 0.25) is 0 Å². The monoisotopic (exact) mass is 158 g/mol. The minimum Gasteiger partial charge on any atom is -0.0616 e. The average molecular weight is 158 g/mol. The highest BCUT2D eigenvalue weighted by atomic mass is 14.2. The Kier molecular flexibility index (Phi) is 1.57. The maximum absolute atomic E-state index is 2.28. The molecule has 62 valence electrons. The molecule has 0 saturated heterocycles. The van der Waals surface area contributed by atoms with Crippen LogP contribution < -0.4 is 10.4 Å². The number of hydrogen-bond acceptors (Lipinski definition) is 0. The predicted octanol–water partition coefficient (Wildman–Crippen LogP) is 1.68. The first-order valence-corrected chi connectivity index (χ1v) is 4.48. The molecule has 0 atom stereocenters. The Balaban J connectivity index is 2.95. The van der Waals surface area contributed by atoms with Crippen molar-refractivity contribution in [1.82, 2.24) is 0 Å². The average Bonchev–Trinajstić information content (AvgIpc) is 2.33. The highest BCUT2D eigenvalue weighted by Gasteiger charge is 2.14. The van der Waals surface area contributed by atoms with Crippen LogP contribution in [0.1, 0.15) is 20.8 Å². The molecule has 0 spiro atoms. The van der Waals surface area contributed by atoms with E-state index in [0.29, 0.717) is 5.92 Å². The number of benzene rings is 1. The van der Waals surface area contributed by atoms with Crippen molar-refractivity contribution in [3.63, 3.8) is 0 Å². The Hall–Kier alpha value is -1.04. The zero-order valence-electron chi connectivity index (χ0n) is 7.89. The van der Waals surface area contributed by atoms with Crippen LogP contribution in [0.25, 0.3) is 11.1 Å². The second-order valence-electron chi connectivity index (χ2n) is 3.63. The summed E-state index contributed by atoms with van der Waals surface area (Å²) in [7, 11) is 0. The normalized spacial score (nSPS) is 16.9. The Morgan fingerprint density at radius 3 is 1.75 bits per heavy atom. The molecule has 0 heterocycles. The summed E-state index contributed by atoms with van der Waals surface area (Å²) in [6.45, 7) is 6.75. The van der Waals surface area contributed by atoms with Gasteiger partial charge in [0, 0.05) is 0 Å². The highest BCUT2D eigenvalue weighted by molar-refractivity contribution is 5.68. The van der Waals surface area contributed by atoms with Crippen molar-refractivity contribution < 1.29 is 0 Å². The molecule has 0 fully saturated rings. The molecule has 1 aliphatic carbocycles. The van der Waals surface area contributed by atoms with Gasteiger partial charge in [0.25, 0.3) is 0 Å². The van der Waals surface area contributed by atoms with Crippen molar-refractivity contribution in [2.75, 3.05) is 0 Å². The summed E-state index contributed by atoms with van der Waals surface area (Å²) in [5.74, 6) is 0.641. The summed E-state index contributed by atoms with van der Waals surface area (Å²) in [6.07, 6.45) is 0. The molecule has 0 heteroatoms. The van der Waals surface area contributed by atoms with E-state index in [0.717, 1.165) is 0 Å². The van der Waals surface area contributed by atoms with Gasteiger partial charge in [-0.1, -0.05) is 42.3 Å². The summed E-state index contributed by atoms with van der Waals surface area (Å²) < 4.78 is 0. The zero-order valence-corrected chi connectivity index (χ0v) is 7.89. The Morgan fingerprint density at radius 2 is 1.33 bits per heavy atom. The minimum atomic E-state index is 0.641. The molecule has 0 N–H and O–H groups in total. The first-order chi connectivity index (χ1) is 5.72. The topological polar surface area (TPSA) is 0 Å². The van der Waals surface area contributed by atoms with Gasteiger partial charge >= 0.3 is 0 Å². The van der Waals surface area contributed by atoms with Crippen molar-refractivity contribution in [3.05, 3.63) is 34.7 Å². The molecule has 1 aromatic rings. The largest absolute Gasteiger partial charge is 0.0616 e. The van der Waals surface area contributed by atoms with Crippen molar-refractivity contribution in [2.24, 2.45) is 5.92 Å². The van der Waals surface area contributed by atoms with E-state index in [1.54, 1.807) is 0 Å². The fourth-order valence-electron chi connectivity index (χ4n) is 1.96. The van der Waals surface area contributed by atoms with Crippen molar-refractivity contribution >= 4 is 11.1 Å². The lowest BCUT2D eigenvalue weighted by Gasteiger charge is -2.05. The molecule has 12 heavy (non-hydrogen) atoms. The summed E-state index contributed by atoms with van der Waals surface area (Å²) in [6, 6.07) is 8.68. The molecular weight excluding hydrogens is 144 g/mol. The van der Waals surface area contributed by atoms with Gasteiger partial charge in [-0.25, -0.2) is 0 Å². The van der Waals surface area contributed by atoms with E-state index in [-0.39, 0.29) is 0 Å². The fraction of sp³-hybridized carbons (Fsp3) is 0.333.